The van der Waals surface area contributed by atoms with Gasteiger partial charge in [-0.15, -0.1) is 5.10 Å². The molecule has 9 heteroatoms. The number of aromatic amines is 1. The molecule has 0 fully saturated rings. The van der Waals surface area contributed by atoms with Gasteiger partial charge in [-0.25, -0.2) is 9.37 Å². The number of nitrogens with zero attached hydrogens (tertiary/aromatic N) is 3. The van der Waals surface area contributed by atoms with Crippen molar-refractivity contribution in [1.82, 2.24) is 20.3 Å². The Balaban J connectivity index is 1.57. The first-order valence-electron chi connectivity index (χ1n) is 7.76. The molecule has 0 aliphatic carbocycles. The van der Waals surface area contributed by atoms with Crippen molar-refractivity contribution >= 4 is 35.6 Å². The van der Waals surface area contributed by atoms with Crippen LogP contribution in [-0.2, 0) is 4.79 Å². The summed E-state index contributed by atoms with van der Waals surface area (Å²) in [4.78, 5) is 16.4. The number of aryl methyl sites for hydroxylation is 1. The molecule has 0 spiro atoms. The zero-order chi connectivity index (χ0) is 18.5. The Labute approximate surface area is 153 Å². The molecule has 134 valence electrons. The van der Waals surface area contributed by atoms with Gasteiger partial charge in [0.05, 0.1) is 5.25 Å². The van der Waals surface area contributed by atoms with Crippen LogP contribution in [0.15, 0.2) is 40.0 Å². The summed E-state index contributed by atoms with van der Waals surface area (Å²) in [6.45, 7) is 3.49. The van der Waals surface area contributed by atoms with Gasteiger partial charge in [-0.05, 0) is 37.6 Å². The van der Waals surface area contributed by atoms with Crippen molar-refractivity contribution in [3.8, 4) is 0 Å². The molecule has 2 heterocycles. The molecule has 0 aliphatic heterocycles. The van der Waals surface area contributed by atoms with Gasteiger partial charge in [0.25, 0.3) is 0 Å². The van der Waals surface area contributed by atoms with Crippen LogP contribution in [0.4, 0.5) is 10.2 Å². The van der Waals surface area contributed by atoms with E-state index >= 15 is 0 Å². The highest BCUT2D eigenvalue weighted by atomic mass is 32.2. The third-order valence-electron chi connectivity index (χ3n) is 3.32. The Morgan fingerprint density at radius 3 is 2.81 bits per heavy atom. The molecule has 26 heavy (non-hydrogen) atoms. The van der Waals surface area contributed by atoms with Crippen molar-refractivity contribution in [1.29, 1.82) is 0 Å². The zero-order valence-corrected chi connectivity index (χ0v) is 14.9. The number of nitrogens with one attached hydrogen (secondary N) is 2. The second-order valence-electron chi connectivity index (χ2n) is 5.46. The molecule has 2 N–H and O–H groups in total. The molecule has 7 nitrogen and oxygen atoms in total. The maximum atomic E-state index is 12.9. The van der Waals surface area contributed by atoms with E-state index in [-0.39, 0.29) is 11.7 Å². The van der Waals surface area contributed by atoms with Crippen LogP contribution >= 0.6 is 11.8 Å². The summed E-state index contributed by atoms with van der Waals surface area (Å²) in [5, 5.41) is 13.3. The summed E-state index contributed by atoms with van der Waals surface area (Å²) < 4.78 is 17.8. The molecule has 1 aromatic carbocycles. The molecule has 0 unspecified atom stereocenters. The lowest BCUT2D eigenvalue weighted by Gasteiger charge is -2.07. The minimum absolute atomic E-state index is 0.225. The van der Waals surface area contributed by atoms with E-state index in [1.807, 2.05) is 0 Å². The van der Waals surface area contributed by atoms with Crippen LogP contribution in [0.3, 0.4) is 0 Å². The Hall–Kier alpha value is -2.94. The first-order valence-corrected chi connectivity index (χ1v) is 8.64. The summed E-state index contributed by atoms with van der Waals surface area (Å²) in [6.07, 6.45) is 3.52. The summed E-state index contributed by atoms with van der Waals surface area (Å²) in [6, 6.07) is 7.74. The van der Waals surface area contributed by atoms with Crippen LogP contribution in [0.5, 0.6) is 0 Å². The summed E-state index contributed by atoms with van der Waals surface area (Å²) in [5.41, 5.74) is 0.840. The number of amides is 1. The fraction of sp³-hybridized carbons (Fsp3) is 0.176. The lowest BCUT2D eigenvalue weighted by Crippen LogP contribution is -2.22. The standard InChI is InChI=1S/C17H16FN5O2S/c1-10-9-15(23-25-10)19-16(24)11(2)26-17-20-14(21-22-17)8-5-12-3-6-13(18)7-4-12/h3-9,11H,1-2H3,(H,19,23,24)(H,20,21,22)/b8-5-/t11-/m1/s1. The number of carbonyl (C=O) groups is 1. The van der Waals surface area contributed by atoms with Gasteiger partial charge in [0.2, 0.25) is 11.1 Å². The van der Waals surface area contributed by atoms with Crippen molar-refractivity contribution in [3.05, 3.63) is 53.3 Å². The number of anilines is 1. The van der Waals surface area contributed by atoms with Gasteiger partial charge in [-0.3, -0.25) is 9.89 Å². The Morgan fingerprint density at radius 1 is 1.35 bits per heavy atom. The average Bonchev–Trinajstić information content (AvgIpc) is 3.23. The van der Waals surface area contributed by atoms with Crippen LogP contribution in [0, 0.1) is 12.7 Å². The summed E-state index contributed by atoms with van der Waals surface area (Å²) in [5.74, 6) is 1.02. The van der Waals surface area contributed by atoms with E-state index in [0.29, 0.717) is 22.6 Å². The number of halogens is 1. The number of hydrogen-bond donors (Lipinski definition) is 2. The van der Waals surface area contributed by atoms with Gasteiger partial charge in [-0.1, -0.05) is 35.1 Å². The van der Waals surface area contributed by atoms with Crippen LogP contribution in [0.1, 0.15) is 24.1 Å². The fourth-order valence-corrected chi connectivity index (χ4v) is 2.73. The van der Waals surface area contributed by atoms with Gasteiger partial charge in [0.15, 0.2) is 5.82 Å². The monoisotopic (exact) mass is 373 g/mol. The molecule has 2 aromatic heterocycles. The number of aromatic nitrogens is 4. The highest BCUT2D eigenvalue weighted by molar-refractivity contribution is 8.00. The molecule has 0 saturated heterocycles. The normalized spacial score (nSPS) is 12.4. The van der Waals surface area contributed by atoms with Crippen molar-refractivity contribution in [3.63, 3.8) is 0 Å². The summed E-state index contributed by atoms with van der Waals surface area (Å²) in [7, 11) is 0. The minimum Gasteiger partial charge on any atom is -0.360 e. The largest absolute Gasteiger partial charge is 0.360 e. The van der Waals surface area contributed by atoms with Crippen molar-refractivity contribution < 1.29 is 13.7 Å². The number of thioether (sulfide) groups is 1. The number of rotatable bonds is 6. The zero-order valence-electron chi connectivity index (χ0n) is 14.1. The SMILES string of the molecule is Cc1cc(NC(=O)[C@@H](C)Sc2n[nH]c(/C=C\c3ccc(F)cc3)n2)no1. The van der Waals surface area contributed by atoms with E-state index in [2.05, 4.69) is 25.7 Å². The maximum absolute atomic E-state index is 12.9. The predicted molar refractivity (Wildman–Crippen MR) is 96.9 cm³/mol. The van der Waals surface area contributed by atoms with E-state index in [9.17, 15) is 9.18 Å². The molecule has 1 atom stereocenters. The van der Waals surface area contributed by atoms with Crippen LogP contribution in [-0.4, -0.2) is 31.5 Å². The van der Waals surface area contributed by atoms with Gasteiger partial charge in [0.1, 0.15) is 17.4 Å². The number of carbonyl (C=O) groups excluding carboxylic acids is 1. The molecular formula is C17H16FN5O2S. The van der Waals surface area contributed by atoms with E-state index in [4.69, 9.17) is 4.52 Å². The molecular weight excluding hydrogens is 357 g/mol. The van der Waals surface area contributed by atoms with Gasteiger partial charge >= 0.3 is 0 Å². The average molecular weight is 373 g/mol. The molecule has 3 rings (SSSR count). The second kappa shape index (κ2) is 7.96. The van der Waals surface area contributed by atoms with Gasteiger partial charge in [-0.2, -0.15) is 0 Å². The number of benzene rings is 1. The second-order valence-corrected chi connectivity index (χ2v) is 6.77. The number of hydrogen-bond acceptors (Lipinski definition) is 6. The van der Waals surface area contributed by atoms with E-state index in [1.165, 1.54) is 23.9 Å². The van der Waals surface area contributed by atoms with Crippen molar-refractivity contribution in [2.24, 2.45) is 0 Å². The van der Waals surface area contributed by atoms with E-state index in [1.54, 1.807) is 44.2 Å². The summed E-state index contributed by atoms with van der Waals surface area (Å²) >= 11 is 1.21. The highest BCUT2D eigenvalue weighted by Crippen LogP contribution is 2.21. The Morgan fingerprint density at radius 2 is 2.12 bits per heavy atom. The van der Waals surface area contributed by atoms with Gasteiger partial charge in [0, 0.05) is 6.07 Å². The lowest BCUT2D eigenvalue weighted by atomic mass is 10.2. The first-order chi connectivity index (χ1) is 12.5. The molecule has 3 aromatic rings. The molecule has 0 bridgehead atoms. The Bertz CT molecular complexity index is 919. The van der Waals surface area contributed by atoms with E-state index < -0.39 is 5.25 Å². The topological polar surface area (TPSA) is 96.7 Å². The predicted octanol–water partition coefficient (Wildman–Crippen LogP) is 3.53. The molecule has 1 amide bonds. The maximum Gasteiger partial charge on any atom is 0.238 e. The molecule has 0 saturated carbocycles. The van der Waals surface area contributed by atoms with Crippen molar-refractivity contribution in [2.75, 3.05) is 5.32 Å². The van der Waals surface area contributed by atoms with Crippen LogP contribution in [0.2, 0.25) is 0 Å². The lowest BCUT2D eigenvalue weighted by molar-refractivity contribution is -0.115. The van der Waals surface area contributed by atoms with Crippen molar-refractivity contribution in [2.45, 2.75) is 24.3 Å². The Kier molecular flexibility index (Phi) is 5.47. The quantitative estimate of drug-likeness (QED) is 0.642. The van der Waals surface area contributed by atoms with Gasteiger partial charge < -0.3 is 9.84 Å². The number of H-pyrrole nitrogens is 1. The first kappa shape index (κ1) is 17.9. The highest BCUT2D eigenvalue weighted by Gasteiger charge is 2.18. The smallest absolute Gasteiger partial charge is 0.238 e. The molecule has 0 aliphatic rings. The van der Waals surface area contributed by atoms with E-state index in [0.717, 1.165) is 5.56 Å². The third-order valence-corrected chi connectivity index (χ3v) is 4.28. The third kappa shape index (κ3) is 4.79. The minimum atomic E-state index is -0.420. The fourth-order valence-electron chi connectivity index (χ4n) is 2.00. The van der Waals surface area contributed by atoms with Crippen LogP contribution < -0.4 is 5.32 Å². The van der Waals surface area contributed by atoms with Crippen LogP contribution in [0.25, 0.3) is 12.2 Å². The molecule has 0 radical (unpaired) electrons.